The lowest BCUT2D eigenvalue weighted by molar-refractivity contribution is -0.246. The SMILES string of the molecule is C=C(C)[C@@H]1CC[C@]2(NCC(CSC)N3CCS(=O)(=O)CC3)CC[C@]3(C)[C@H](CC[C@@H]4[C@@]5(C)CC[C@H](OC(=O)CC(C)(C)CC(=O)O)C(C)(C)[C@@H]5CC[C@]43C)[C@@H]12. The second-order valence-corrected chi connectivity index (χ2v) is 24.5. The van der Waals surface area contributed by atoms with E-state index in [4.69, 9.17) is 4.74 Å². The van der Waals surface area contributed by atoms with E-state index in [2.05, 4.69) is 64.6 Å². The molecule has 6 fully saturated rings. The minimum atomic E-state index is -2.92. The minimum absolute atomic E-state index is 0.0482. The molecule has 0 aromatic rings. The fourth-order valence-electron chi connectivity index (χ4n) is 14.6. The number of sulfone groups is 1. The van der Waals surface area contributed by atoms with Crippen molar-refractivity contribution in [2.45, 2.75) is 150 Å². The van der Waals surface area contributed by atoms with Crippen LogP contribution < -0.4 is 5.32 Å². The molecule has 1 aliphatic heterocycles. The highest BCUT2D eigenvalue weighted by atomic mass is 32.2. The molecule has 0 radical (unpaired) electrons. The summed E-state index contributed by atoms with van der Waals surface area (Å²) in [6.45, 7) is 25.4. The number of aliphatic carboxylic acids is 1. The molecule has 6 aliphatic rings. The lowest BCUT2D eigenvalue weighted by Crippen LogP contribution is -2.69. The van der Waals surface area contributed by atoms with Crippen molar-refractivity contribution < 1.29 is 27.9 Å². The highest BCUT2D eigenvalue weighted by Crippen LogP contribution is 2.76. The van der Waals surface area contributed by atoms with E-state index >= 15 is 0 Å². The quantitative estimate of drug-likeness (QED) is 0.149. The standard InChI is InChI=1S/C44H74N2O6S2/c1-29(2)31-13-18-44(45-27-30(28-53-10)46-21-23-54(50,51)24-22-46)20-19-42(8)32(38(31)44)11-12-34-41(7)16-15-35(40(5,6)33(41)14-17-43(34,42)9)52-37(49)26-39(3,4)25-36(47)48/h30-35,38,45H,1,11-28H2,2-10H3,(H,47,48)/t30?,31-,32+,33-,34+,35-,38+,41-,42+,43+,44-/m0/s1. The number of hydrogen-bond acceptors (Lipinski definition) is 8. The Labute approximate surface area is 332 Å². The van der Waals surface area contributed by atoms with Crippen LogP contribution in [0.25, 0.3) is 0 Å². The Morgan fingerprint density at radius 3 is 2.24 bits per heavy atom. The van der Waals surface area contributed by atoms with E-state index in [9.17, 15) is 23.1 Å². The molecule has 5 saturated carbocycles. The molecule has 0 aromatic carbocycles. The van der Waals surface area contributed by atoms with Gasteiger partial charge in [0.05, 0.1) is 24.3 Å². The molecule has 1 unspecified atom stereocenters. The number of hydrogen-bond donors (Lipinski definition) is 2. The first-order valence-corrected chi connectivity index (χ1v) is 24.5. The van der Waals surface area contributed by atoms with Gasteiger partial charge < -0.3 is 15.2 Å². The summed E-state index contributed by atoms with van der Waals surface area (Å²) in [4.78, 5) is 27.1. The number of fused-ring (bicyclic) bond motifs is 7. The monoisotopic (exact) mass is 790 g/mol. The molecule has 54 heavy (non-hydrogen) atoms. The van der Waals surface area contributed by atoms with Crippen molar-refractivity contribution in [1.82, 2.24) is 10.2 Å². The summed E-state index contributed by atoms with van der Waals surface area (Å²) in [6, 6.07) is 0.334. The van der Waals surface area contributed by atoms with Crippen molar-refractivity contribution in [1.29, 1.82) is 0 Å². The molecule has 1 saturated heterocycles. The number of esters is 1. The Morgan fingerprint density at radius 2 is 1.61 bits per heavy atom. The molecule has 5 aliphatic carbocycles. The lowest BCUT2D eigenvalue weighted by atomic mass is 9.32. The number of carboxylic acids is 1. The van der Waals surface area contributed by atoms with E-state index in [0.717, 1.165) is 31.6 Å². The van der Waals surface area contributed by atoms with E-state index in [0.29, 0.717) is 48.7 Å². The van der Waals surface area contributed by atoms with Gasteiger partial charge in [-0.15, -0.1) is 0 Å². The Morgan fingerprint density at radius 1 is 0.926 bits per heavy atom. The number of nitrogens with one attached hydrogen (secondary N) is 1. The summed E-state index contributed by atoms with van der Waals surface area (Å²) < 4.78 is 30.9. The number of carbonyl (C=O) groups is 2. The number of nitrogens with zero attached hydrogens (tertiary/aromatic N) is 1. The molecule has 0 bridgehead atoms. The summed E-state index contributed by atoms with van der Waals surface area (Å²) in [7, 11) is -2.92. The third-order valence-electron chi connectivity index (χ3n) is 17.5. The van der Waals surface area contributed by atoms with Gasteiger partial charge in [0.1, 0.15) is 6.10 Å². The van der Waals surface area contributed by atoms with Gasteiger partial charge in [-0.3, -0.25) is 14.5 Å². The van der Waals surface area contributed by atoms with Crippen LogP contribution in [0.1, 0.15) is 132 Å². The van der Waals surface area contributed by atoms with Crippen molar-refractivity contribution in [3.8, 4) is 0 Å². The Kier molecular flexibility index (Phi) is 11.8. The summed E-state index contributed by atoms with van der Waals surface area (Å²) in [5, 5.41) is 13.7. The molecule has 308 valence electrons. The maximum Gasteiger partial charge on any atom is 0.306 e. The second kappa shape index (κ2) is 14.9. The van der Waals surface area contributed by atoms with Crippen LogP contribution in [-0.2, 0) is 24.2 Å². The van der Waals surface area contributed by atoms with E-state index in [1.54, 1.807) is 0 Å². The Balaban J connectivity index is 1.21. The molecule has 2 N–H and O–H groups in total. The van der Waals surface area contributed by atoms with Crippen LogP contribution in [0.2, 0.25) is 0 Å². The number of thioether (sulfide) groups is 1. The smallest absolute Gasteiger partial charge is 0.306 e. The van der Waals surface area contributed by atoms with Crippen molar-refractivity contribution in [3.63, 3.8) is 0 Å². The first kappa shape index (κ1) is 42.5. The molecule has 0 spiro atoms. The maximum absolute atomic E-state index is 13.3. The first-order chi connectivity index (χ1) is 25.0. The molecule has 11 atom stereocenters. The molecule has 0 aromatic heterocycles. The molecular weight excluding hydrogens is 717 g/mol. The van der Waals surface area contributed by atoms with Gasteiger partial charge in [0.25, 0.3) is 0 Å². The molecule has 6 rings (SSSR count). The largest absolute Gasteiger partial charge is 0.481 e. The summed E-state index contributed by atoms with van der Waals surface area (Å²) >= 11 is 1.87. The zero-order chi connectivity index (χ0) is 39.7. The van der Waals surface area contributed by atoms with Crippen LogP contribution in [0.4, 0.5) is 0 Å². The van der Waals surface area contributed by atoms with Gasteiger partial charge >= 0.3 is 11.9 Å². The van der Waals surface area contributed by atoms with Crippen LogP contribution in [0.5, 0.6) is 0 Å². The summed E-state index contributed by atoms with van der Waals surface area (Å²) in [6.07, 6.45) is 13.7. The molecule has 8 nitrogen and oxygen atoms in total. The Bertz CT molecular complexity index is 1550. The van der Waals surface area contributed by atoms with Crippen LogP contribution in [-0.4, -0.2) is 91.2 Å². The van der Waals surface area contributed by atoms with Gasteiger partial charge in [0.15, 0.2) is 9.84 Å². The van der Waals surface area contributed by atoms with Gasteiger partial charge in [0.2, 0.25) is 0 Å². The van der Waals surface area contributed by atoms with Crippen molar-refractivity contribution in [3.05, 3.63) is 12.2 Å². The normalized spacial score (nSPS) is 42.1. The predicted octanol–water partition coefficient (Wildman–Crippen LogP) is 8.25. The van der Waals surface area contributed by atoms with Crippen molar-refractivity contribution >= 4 is 33.5 Å². The van der Waals surface area contributed by atoms with E-state index < -0.39 is 21.2 Å². The topological polar surface area (TPSA) is 113 Å². The van der Waals surface area contributed by atoms with Crippen LogP contribution in [0, 0.1) is 56.7 Å². The number of carbonyl (C=O) groups excluding carboxylic acids is 1. The van der Waals surface area contributed by atoms with E-state index in [1.807, 2.05) is 25.6 Å². The van der Waals surface area contributed by atoms with Crippen LogP contribution >= 0.6 is 11.8 Å². The van der Waals surface area contributed by atoms with Gasteiger partial charge in [-0.05, 0) is 129 Å². The number of ether oxygens (including phenoxy) is 1. The first-order valence-electron chi connectivity index (χ1n) is 21.3. The van der Waals surface area contributed by atoms with E-state index in [1.165, 1.54) is 50.5 Å². The fourth-order valence-corrected chi connectivity index (χ4v) is 16.5. The number of carboxylic acid groups (broad SMARTS) is 1. The summed E-state index contributed by atoms with van der Waals surface area (Å²) in [5.41, 5.74) is 1.25. The minimum Gasteiger partial charge on any atom is -0.481 e. The van der Waals surface area contributed by atoms with Crippen LogP contribution in [0.15, 0.2) is 12.2 Å². The zero-order valence-corrected chi connectivity index (χ0v) is 36.9. The van der Waals surface area contributed by atoms with Gasteiger partial charge in [-0.2, -0.15) is 11.8 Å². The molecule has 1 heterocycles. The van der Waals surface area contributed by atoms with Gasteiger partial charge in [-0.1, -0.05) is 60.6 Å². The van der Waals surface area contributed by atoms with Crippen LogP contribution in [0.3, 0.4) is 0 Å². The predicted molar refractivity (Wildman–Crippen MR) is 220 cm³/mol. The average molecular weight is 791 g/mol. The van der Waals surface area contributed by atoms with Gasteiger partial charge in [0, 0.05) is 42.4 Å². The maximum atomic E-state index is 13.3. The highest BCUT2D eigenvalue weighted by molar-refractivity contribution is 7.98. The van der Waals surface area contributed by atoms with Gasteiger partial charge in [-0.25, -0.2) is 8.42 Å². The molecular formula is C44H74N2O6S2. The highest BCUT2D eigenvalue weighted by Gasteiger charge is 2.71. The molecule has 10 heteroatoms. The number of rotatable bonds is 12. The lowest BCUT2D eigenvalue weighted by Gasteiger charge is -2.73. The van der Waals surface area contributed by atoms with Crippen molar-refractivity contribution in [2.75, 3.05) is 43.1 Å². The third-order valence-corrected chi connectivity index (χ3v) is 19.8. The average Bonchev–Trinajstić information content (AvgIpc) is 3.44. The Hall–Kier alpha value is -1.10. The third kappa shape index (κ3) is 7.40. The number of allylic oxidation sites excluding steroid dienone is 1. The second-order valence-electron chi connectivity index (χ2n) is 21.3. The fraction of sp³-hybridized carbons (Fsp3) is 0.909. The van der Waals surface area contributed by atoms with Crippen molar-refractivity contribution in [2.24, 2.45) is 56.7 Å². The zero-order valence-electron chi connectivity index (χ0n) is 35.2. The van der Waals surface area contributed by atoms with E-state index in [-0.39, 0.29) is 63.6 Å². The molecule has 0 amide bonds. The summed E-state index contributed by atoms with van der Waals surface area (Å²) in [5.74, 6) is 3.21.